The van der Waals surface area contributed by atoms with Crippen LogP contribution in [-0.4, -0.2) is 37.0 Å². The van der Waals surface area contributed by atoms with E-state index in [0.717, 1.165) is 32.7 Å². The fraction of sp³-hybridized carbons (Fsp3) is 0.250. The molecule has 0 bridgehead atoms. The van der Waals surface area contributed by atoms with E-state index in [-0.39, 0.29) is 11.7 Å². The van der Waals surface area contributed by atoms with Crippen molar-refractivity contribution in [2.24, 2.45) is 0 Å². The van der Waals surface area contributed by atoms with Gasteiger partial charge >= 0.3 is 0 Å². The minimum atomic E-state index is -0.289. The zero-order chi connectivity index (χ0) is 16.8. The number of piperazine rings is 1. The highest BCUT2D eigenvalue weighted by Gasteiger charge is 2.22. The Labute approximate surface area is 142 Å². The summed E-state index contributed by atoms with van der Waals surface area (Å²) in [5, 5.41) is 0. The maximum absolute atomic E-state index is 13.1. The van der Waals surface area contributed by atoms with Gasteiger partial charge in [0.1, 0.15) is 12.4 Å². The smallest absolute Gasteiger partial charge is 0.246 e. The molecule has 2 aromatic rings. The molecule has 0 spiro atoms. The molecule has 1 saturated heterocycles. The van der Waals surface area contributed by atoms with Gasteiger partial charge in [0.2, 0.25) is 5.91 Å². The first kappa shape index (κ1) is 16.4. The van der Waals surface area contributed by atoms with Gasteiger partial charge in [-0.2, -0.15) is 0 Å². The van der Waals surface area contributed by atoms with Gasteiger partial charge in [-0.15, -0.1) is 0 Å². The van der Waals surface area contributed by atoms with Gasteiger partial charge in [0.15, 0.2) is 0 Å². The molecule has 124 valence electrons. The molecule has 4 heteroatoms. The lowest BCUT2D eigenvalue weighted by molar-refractivity contribution is -0.917. The summed E-state index contributed by atoms with van der Waals surface area (Å²) in [4.78, 5) is 15.6. The van der Waals surface area contributed by atoms with Crippen LogP contribution in [0.3, 0.4) is 0 Å². The molecule has 24 heavy (non-hydrogen) atoms. The first-order valence-electron chi connectivity index (χ1n) is 8.31. The zero-order valence-electron chi connectivity index (χ0n) is 13.6. The lowest BCUT2D eigenvalue weighted by Crippen LogP contribution is -3.13. The topological polar surface area (TPSA) is 24.8 Å². The van der Waals surface area contributed by atoms with Crippen LogP contribution in [0.15, 0.2) is 60.7 Å². The molecular formula is C20H22FN2O+. The van der Waals surface area contributed by atoms with Gasteiger partial charge in [0, 0.05) is 11.6 Å². The van der Waals surface area contributed by atoms with E-state index in [4.69, 9.17) is 0 Å². The average Bonchev–Trinajstić information content (AvgIpc) is 2.61. The lowest BCUT2D eigenvalue weighted by atomic mass is 10.2. The van der Waals surface area contributed by atoms with Gasteiger partial charge in [-0.05, 0) is 23.8 Å². The molecular weight excluding hydrogens is 303 g/mol. The zero-order valence-corrected chi connectivity index (χ0v) is 13.6. The number of carbonyl (C=O) groups excluding carboxylic acids is 1. The molecule has 1 fully saturated rings. The first-order valence-corrected chi connectivity index (χ1v) is 8.31. The van der Waals surface area contributed by atoms with Crippen LogP contribution in [0.4, 0.5) is 4.39 Å². The second-order valence-corrected chi connectivity index (χ2v) is 6.13. The molecule has 1 N–H and O–H groups in total. The predicted octanol–water partition coefficient (Wildman–Crippen LogP) is 1.77. The Bertz CT molecular complexity index is 707. The molecule has 1 aliphatic heterocycles. The van der Waals surface area contributed by atoms with Crippen molar-refractivity contribution in [3.8, 4) is 0 Å². The summed E-state index contributed by atoms with van der Waals surface area (Å²) in [6, 6.07) is 16.7. The Balaban J connectivity index is 1.50. The molecule has 0 aliphatic carbocycles. The van der Waals surface area contributed by atoms with Gasteiger partial charge in [-0.3, -0.25) is 4.79 Å². The number of rotatable bonds is 4. The van der Waals surface area contributed by atoms with Gasteiger partial charge in [-0.25, -0.2) is 4.39 Å². The molecule has 3 nitrogen and oxygen atoms in total. The van der Waals surface area contributed by atoms with Gasteiger partial charge < -0.3 is 9.80 Å². The minimum Gasteiger partial charge on any atom is -0.328 e. The average molecular weight is 325 g/mol. The summed E-state index contributed by atoms with van der Waals surface area (Å²) < 4.78 is 13.1. The number of carbonyl (C=O) groups is 1. The summed E-state index contributed by atoms with van der Waals surface area (Å²) in [5.74, 6) is -0.291. The predicted molar refractivity (Wildman–Crippen MR) is 92.9 cm³/mol. The van der Waals surface area contributed by atoms with E-state index in [0.29, 0.717) is 5.56 Å². The highest BCUT2D eigenvalue weighted by atomic mass is 19.1. The highest BCUT2D eigenvalue weighted by Crippen LogP contribution is 2.06. The van der Waals surface area contributed by atoms with Crippen molar-refractivity contribution >= 4 is 12.0 Å². The molecule has 0 unspecified atom stereocenters. The molecule has 2 aromatic carbocycles. The van der Waals surface area contributed by atoms with Crippen LogP contribution in [0.25, 0.3) is 6.08 Å². The quantitative estimate of drug-likeness (QED) is 0.852. The molecule has 1 heterocycles. The van der Waals surface area contributed by atoms with Gasteiger partial charge in [-0.1, -0.05) is 42.5 Å². The second-order valence-electron chi connectivity index (χ2n) is 6.13. The number of nitrogens with one attached hydrogen (secondary N) is 1. The van der Waals surface area contributed by atoms with Crippen LogP contribution in [0, 0.1) is 5.82 Å². The number of hydrogen-bond acceptors (Lipinski definition) is 1. The first-order chi connectivity index (χ1) is 11.7. The summed E-state index contributed by atoms with van der Waals surface area (Å²) >= 11 is 0. The molecule has 0 aromatic heterocycles. The van der Waals surface area contributed by atoms with Crippen molar-refractivity contribution in [3.63, 3.8) is 0 Å². The molecule has 1 aliphatic rings. The molecule has 1 amide bonds. The fourth-order valence-electron chi connectivity index (χ4n) is 2.99. The Morgan fingerprint density at radius 3 is 2.54 bits per heavy atom. The van der Waals surface area contributed by atoms with E-state index in [1.165, 1.54) is 28.7 Å². The Hall–Kier alpha value is -2.46. The normalized spacial score (nSPS) is 15.8. The van der Waals surface area contributed by atoms with E-state index in [1.807, 2.05) is 11.0 Å². The third-order valence-electron chi connectivity index (χ3n) is 4.35. The Morgan fingerprint density at radius 2 is 1.83 bits per heavy atom. The number of benzene rings is 2. The third-order valence-corrected chi connectivity index (χ3v) is 4.35. The van der Waals surface area contributed by atoms with E-state index in [1.54, 1.807) is 18.2 Å². The third kappa shape index (κ3) is 4.52. The monoisotopic (exact) mass is 325 g/mol. The van der Waals surface area contributed by atoms with Crippen LogP contribution < -0.4 is 4.90 Å². The Morgan fingerprint density at radius 1 is 1.08 bits per heavy atom. The van der Waals surface area contributed by atoms with Crippen molar-refractivity contribution < 1.29 is 14.1 Å². The molecule has 0 atom stereocenters. The molecule has 3 rings (SSSR count). The second kappa shape index (κ2) is 7.88. The summed E-state index contributed by atoms with van der Waals surface area (Å²) in [7, 11) is 0. The van der Waals surface area contributed by atoms with Gasteiger partial charge in [0.25, 0.3) is 0 Å². The standard InChI is InChI=1S/C20H21FN2O/c21-19-8-4-7-17(15-19)9-10-20(24)23-13-11-22(12-14-23)16-18-5-2-1-3-6-18/h1-10,15H,11-14,16H2/p+1/b10-9+. The van der Waals surface area contributed by atoms with E-state index in [9.17, 15) is 9.18 Å². The van der Waals surface area contributed by atoms with Crippen molar-refractivity contribution in [2.75, 3.05) is 26.2 Å². The minimum absolute atomic E-state index is 0.00183. The maximum Gasteiger partial charge on any atom is 0.246 e. The lowest BCUT2D eigenvalue weighted by Gasteiger charge is -2.31. The number of hydrogen-bond donors (Lipinski definition) is 1. The number of nitrogens with zero attached hydrogens (tertiary/aromatic N) is 1. The van der Waals surface area contributed by atoms with E-state index in [2.05, 4.69) is 24.3 Å². The van der Waals surface area contributed by atoms with Crippen LogP contribution >= 0.6 is 0 Å². The largest absolute Gasteiger partial charge is 0.328 e. The van der Waals surface area contributed by atoms with Crippen LogP contribution in [0.2, 0.25) is 0 Å². The SMILES string of the molecule is O=C(/C=C/c1cccc(F)c1)N1CC[NH+](Cc2ccccc2)CC1. The maximum atomic E-state index is 13.1. The van der Waals surface area contributed by atoms with Crippen molar-refractivity contribution in [3.05, 3.63) is 77.6 Å². The number of quaternary nitrogens is 1. The molecule has 0 saturated carbocycles. The highest BCUT2D eigenvalue weighted by molar-refractivity contribution is 5.91. The van der Waals surface area contributed by atoms with Gasteiger partial charge in [0.05, 0.1) is 26.2 Å². The molecule has 0 radical (unpaired) electrons. The van der Waals surface area contributed by atoms with Crippen LogP contribution in [0.5, 0.6) is 0 Å². The van der Waals surface area contributed by atoms with Crippen LogP contribution in [0.1, 0.15) is 11.1 Å². The van der Waals surface area contributed by atoms with E-state index < -0.39 is 0 Å². The van der Waals surface area contributed by atoms with Crippen molar-refractivity contribution in [1.82, 2.24) is 4.90 Å². The van der Waals surface area contributed by atoms with E-state index >= 15 is 0 Å². The van der Waals surface area contributed by atoms with Crippen molar-refractivity contribution in [1.29, 1.82) is 0 Å². The number of halogens is 1. The van der Waals surface area contributed by atoms with Crippen molar-refractivity contribution in [2.45, 2.75) is 6.54 Å². The fourth-order valence-corrected chi connectivity index (χ4v) is 2.99. The van der Waals surface area contributed by atoms with Crippen LogP contribution in [-0.2, 0) is 11.3 Å². The summed E-state index contributed by atoms with van der Waals surface area (Å²) in [6.07, 6.45) is 3.21. The number of amides is 1. The summed E-state index contributed by atoms with van der Waals surface area (Å²) in [5.41, 5.74) is 2.04. The summed E-state index contributed by atoms with van der Waals surface area (Å²) in [6.45, 7) is 4.42. The Kier molecular flexibility index (Phi) is 5.39.